The van der Waals surface area contributed by atoms with E-state index in [0.717, 1.165) is 0 Å². The van der Waals surface area contributed by atoms with Gasteiger partial charge in [0, 0.05) is 51.4 Å². The van der Waals surface area contributed by atoms with E-state index in [2.05, 4.69) is 9.26 Å². The summed E-state index contributed by atoms with van der Waals surface area (Å²) in [4.78, 5) is 16.8. The summed E-state index contributed by atoms with van der Waals surface area (Å²) in [5, 5.41) is 36.7. The van der Waals surface area contributed by atoms with Crippen LogP contribution in [0.3, 0.4) is 0 Å². The van der Waals surface area contributed by atoms with Crippen molar-refractivity contribution in [2.75, 3.05) is 6.61 Å². The van der Waals surface area contributed by atoms with E-state index in [9.17, 15) is 14.8 Å². The van der Waals surface area contributed by atoms with Gasteiger partial charge < -0.3 is 34.9 Å². The average molecular weight is 299 g/mol. The van der Waals surface area contributed by atoms with Crippen molar-refractivity contribution in [3.05, 3.63) is 0 Å². The summed E-state index contributed by atoms with van der Waals surface area (Å²) in [7, 11) is -4.73. The van der Waals surface area contributed by atoms with Crippen LogP contribution in [0.2, 0.25) is 0 Å². The topological polar surface area (TPSA) is 157 Å². The third-order valence-corrected chi connectivity index (χ3v) is 2.58. The molecule has 0 aromatic carbocycles. The summed E-state index contributed by atoms with van der Waals surface area (Å²) in [6, 6.07) is 0. The first-order chi connectivity index (χ1) is 7.22. The van der Waals surface area contributed by atoms with Crippen molar-refractivity contribution in [2.45, 2.75) is 30.7 Å². The molecule has 6 N–H and O–H groups in total. The van der Waals surface area contributed by atoms with E-state index in [4.69, 9.17) is 20.0 Å². The molecule has 1 fully saturated rings. The first-order valence-corrected chi connectivity index (χ1v) is 5.83. The van der Waals surface area contributed by atoms with Crippen LogP contribution in [0.15, 0.2) is 0 Å². The van der Waals surface area contributed by atoms with E-state index in [1.54, 1.807) is 0 Å². The minimum absolute atomic E-state index is 0. The standard InChI is InChI=1S/C6H13O9P.K/c7-3-2(1-14-16(11,12)13)15-6(10)5(9)4(3)8;/h2-10H,1H2,(H2,11,12,13);/t2-,3-,4+,5-,6?;/m1./s1. The Morgan fingerprint density at radius 1 is 1.06 bits per heavy atom. The van der Waals surface area contributed by atoms with E-state index in [-0.39, 0.29) is 51.4 Å². The van der Waals surface area contributed by atoms with Crippen molar-refractivity contribution in [3.8, 4) is 0 Å². The third-order valence-electron chi connectivity index (χ3n) is 2.09. The van der Waals surface area contributed by atoms with Gasteiger partial charge in [-0.2, -0.15) is 0 Å². The van der Waals surface area contributed by atoms with Crippen molar-refractivity contribution in [3.63, 3.8) is 0 Å². The van der Waals surface area contributed by atoms with Gasteiger partial charge in [-0.25, -0.2) is 4.57 Å². The van der Waals surface area contributed by atoms with Gasteiger partial charge in [-0.05, 0) is 0 Å². The number of ether oxygens (including phenoxy) is 1. The van der Waals surface area contributed by atoms with Gasteiger partial charge >= 0.3 is 7.82 Å². The van der Waals surface area contributed by atoms with Crippen LogP contribution < -0.4 is 0 Å². The molecule has 5 atom stereocenters. The van der Waals surface area contributed by atoms with Crippen molar-refractivity contribution >= 4 is 59.2 Å². The van der Waals surface area contributed by atoms with E-state index >= 15 is 0 Å². The molecule has 11 heteroatoms. The normalized spacial score (nSPS) is 38.6. The maximum atomic E-state index is 10.4. The summed E-state index contributed by atoms with van der Waals surface area (Å²) in [5.74, 6) is 0. The molecule has 1 radical (unpaired) electrons. The fourth-order valence-electron chi connectivity index (χ4n) is 1.24. The Morgan fingerprint density at radius 2 is 1.59 bits per heavy atom. The fourth-order valence-corrected chi connectivity index (χ4v) is 1.58. The van der Waals surface area contributed by atoms with Crippen LogP contribution in [0.4, 0.5) is 0 Å². The molecule has 0 saturated carbocycles. The van der Waals surface area contributed by atoms with Crippen LogP contribution in [0.1, 0.15) is 0 Å². The van der Waals surface area contributed by atoms with Gasteiger partial charge in [-0.1, -0.05) is 0 Å². The maximum absolute atomic E-state index is 10.4. The number of aliphatic hydroxyl groups excluding tert-OH is 4. The van der Waals surface area contributed by atoms with Gasteiger partial charge in [0.05, 0.1) is 6.61 Å². The molecule has 17 heavy (non-hydrogen) atoms. The monoisotopic (exact) mass is 299 g/mol. The first-order valence-electron chi connectivity index (χ1n) is 4.30. The molecule has 0 bridgehead atoms. The Morgan fingerprint density at radius 3 is 2.06 bits per heavy atom. The Bertz CT molecular complexity index is 283. The van der Waals surface area contributed by atoms with Gasteiger partial charge in [0.1, 0.15) is 24.4 Å². The summed E-state index contributed by atoms with van der Waals surface area (Å²) in [5.41, 5.74) is 0. The maximum Gasteiger partial charge on any atom is 0.469 e. The van der Waals surface area contributed by atoms with E-state index in [1.165, 1.54) is 0 Å². The second-order valence-corrected chi connectivity index (χ2v) is 4.56. The van der Waals surface area contributed by atoms with Crippen LogP contribution in [0.25, 0.3) is 0 Å². The molecule has 9 nitrogen and oxygen atoms in total. The van der Waals surface area contributed by atoms with Crippen molar-refractivity contribution in [1.29, 1.82) is 0 Å². The molecule has 0 spiro atoms. The fraction of sp³-hybridized carbons (Fsp3) is 1.00. The van der Waals surface area contributed by atoms with Crippen LogP contribution in [-0.2, 0) is 13.8 Å². The Hall–Kier alpha value is 1.55. The second kappa shape index (κ2) is 7.36. The van der Waals surface area contributed by atoms with Crippen molar-refractivity contribution in [2.24, 2.45) is 0 Å². The van der Waals surface area contributed by atoms with E-state index in [1.807, 2.05) is 0 Å². The van der Waals surface area contributed by atoms with Crippen molar-refractivity contribution < 1.29 is 44.0 Å². The van der Waals surface area contributed by atoms with Crippen LogP contribution >= 0.6 is 7.82 Å². The quantitative estimate of drug-likeness (QED) is 0.230. The molecule has 0 aromatic rings. The number of phosphoric ester groups is 1. The molecule has 0 aromatic heterocycles. The molecule has 1 rings (SSSR count). The average Bonchev–Trinajstić information content (AvgIpc) is 2.17. The van der Waals surface area contributed by atoms with Crippen LogP contribution in [-0.4, -0.2) is 119 Å². The molecule has 0 aliphatic carbocycles. The minimum atomic E-state index is -4.73. The largest absolute Gasteiger partial charge is 0.469 e. The molecule has 1 heterocycles. The third kappa shape index (κ3) is 5.59. The predicted octanol–water partition coefficient (Wildman–Crippen LogP) is -3.49. The molecular formula is C6H13KO9P. The van der Waals surface area contributed by atoms with Gasteiger partial charge in [0.2, 0.25) is 0 Å². The number of hydrogen-bond donors (Lipinski definition) is 6. The number of aliphatic hydroxyl groups is 4. The summed E-state index contributed by atoms with van der Waals surface area (Å²) >= 11 is 0. The van der Waals surface area contributed by atoms with Crippen molar-refractivity contribution in [1.82, 2.24) is 0 Å². The molecule has 97 valence electrons. The van der Waals surface area contributed by atoms with Gasteiger partial charge in [0.15, 0.2) is 6.29 Å². The summed E-state index contributed by atoms with van der Waals surface area (Å²) in [6.07, 6.45) is -8.11. The SMILES string of the molecule is O=P(O)(O)OC[C@H]1OC(O)[C@H](O)[C@@H](O)[C@@H]1O.[K]. The summed E-state index contributed by atoms with van der Waals surface area (Å²) < 4.78 is 19.0. The number of hydrogen-bond acceptors (Lipinski definition) is 7. The summed E-state index contributed by atoms with van der Waals surface area (Å²) in [6.45, 7) is -0.730. The predicted molar refractivity (Wildman–Crippen MR) is 52.7 cm³/mol. The van der Waals surface area contributed by atoms with Gasteiger partial charge in [-0.3, -0.25) is 4.52 Å². The zero-order chi connectivity index (χ0) is 12.5. The zero-order valence-electron chi connectivity index (χ0n) is 8.95. The van der Waals surface area contributed by atoms with Gasteiger partial charge in [0.25, 0.3) is 0 Å². The molecule has 1 saturated heterocycles. The van der Waals surface area contributed by atoms with E-state index in [0.29, 0.717) is 0 Å². The molecule has 1 aliphatic heterocycles. The Kier molecular flexibility index (Phi) is 8.03. The molecule has 1 unspecified atom stereocenters. The minimum Gasteiger partial charge on any atom is -0.387 e. The van der Waals surface area contributed by atoms with Crippen LogP contribution in [0.5, 0.6) is 0 Å². The van der Waals surface area contributed by atoms with Gasteiger partial charge in [-0.15, -0.1) is 0 Å². The van der Waals surface area contributed by atoms with Crippen LogP contribution in [0, 0.1) is 0 Å². The first kappa shape index (κ1) is 18.5. The second-order valence-electron chi connectivity index (χ2n) is 3.32. The Labute approximate surface area is 139 Å². The molecule has 1 aliphatic rings. The number of phosphoric acid groups is 1. The molecular weight excluding hydrogens is 286 g/mol. The molecule has 0 amide bonds. The number of rotatable bonds is 3. The van der Waals surface area contributed by atoms with E-state index < -0.39 is 45.1 Å². The Balaban J connectivity index is 0.00000256. The smallest absolute Gasteiger partial charge is 0.387 e. The zero-order valence-corrected chi connectivity index (χ0v) is 13.0.